The van der Waals surface area contributed by atoms with Crippen molar-refractivity contribution in [2.75, 3.05) is 16.9 Å². The number of azo groups is 2. The van der Waals surface area contributed by atoms with E-state index in [1.807, 2.05) is 0 Å². The first-order valence-electron chi connectivity index (χ1n) is 12.7. The Kier molecular flexibility index (Phi) is 35.7. The van der Waals surface area contributed by atoms with Crippen LogP contribution in [0.2, 0.25) is 0 Å². The van der Waals surface area contributed by atoms with Crippen molar-refractivity contribution in [2.45, 2.75) is 4.90 Å². The molecule has 1 radical (unpaired) electrons. The molecular formula is C25H20CuN5Na4O17S5-. The Bertz CT molecular complexity index is 2490. The van der Waals surface area contributed by atoms with Gasteiger partial charge in [0.1, 0.15) is 16.0 Å². The maximum atomic E-state index is 12.0. The maximum absolute atomic E-state index is 12.0. The molecule has 0 fully saturated rings. The number of fused-ring (bicyclic) bond motifs is 1. The summed E-state index contributed by atoms with van der Waals surface area (Å²) in [6.07, 6.45) is 0. The zero-order valence-electron chi connectivity index (χ0n) is 29.6. The van der Waals surface area contributed by atoms with Gasteiger partial charge in [-0.15, -0.1) is 37.4 Å². The van der Waals surface area contributed by atoms with Crippen LogP contribution >= 0.6 is 0 Å². The van der Waals surface area contributed by atoms with Crippen LogP contribution in [0.3, 0.4) is 0 Å². The molecule has 0 amide bonds. The summed E-state index contributed by atoms with van der Waals surface area (Å²) >= 11 is 0. The second-order valence-electron chi connectivity index (χ2n) is 8.75. The first-order valence-corrected chi connectivity index (χ1v) is 19.3. The first-order chi connectivity index (χ1) is 23.9. The van der Waals surface area contributed by atoms with E-state index in [9.17, 15) is 31.6 Å². The van der Waals surface area contributed by atoms with Crippen LogP contribution in [0.25, 0.3) is 10.8 Å². The summed E-state index contributed by atoms with van der Waals surface area (Å²) in [7, 11) is -19.3. The summed E-state index contributed by atoms with van der Waals surface area (Å²) in [5.74, 6) is -1.74. The van der Waals surface area contributed by atoms with Crippen LogP contribution in [0, 0.1) is 19.1 Å². The molecule has 32 heteroatoms. The standard InChI is InChI=1S/C25H20N5O7S2.Cu.4Na.H2O4S.2O3S/c1-2-38(33,34)17-9-7-16(8-10-17)27-30-24-18-11-14-22(29-28-20-5-3-4-6-23(20)31)25(32)19(18)12-13-21(24)26-15-39(35,36)37;;;;;;1-5(2,3)4;2*1-4(2)3/h3,5-13,26,31-32H,1-2,15H2,(H,35,36,37);;;;;;(H2,1,2,3,4);;/q-3;;4*+1;;;/p-2. The van der Waals surface area contributed by atoms with Crippen LogP contribution in [0.5, 0.6) is 11.5 Å². The number of hydrogen-bond donors (Lipinski definition) is 4. The molecule has 0 aliphatic rings. The van der Waals surface area contributed by atoms with Crippen LogP contribution in [-0.2, 0) is 68.6 Å². The second kappa shape index (κ2) is 31.1. The minimum Gasteiger partial charge on any atom is -0.747 e. The molecule has 4 rings (SSSR count). The number of phenols is 2. The zero-order valence-corrected chi connectivity index (χ0v) is 42.6. The van der Waals surface area contributed by atoms with Crippen LogP contribution in [0.1, 0.15) is 0 Å². The molecule has 293 valence electrons. The van der Waals surface area contributed by atoms with Gasteiger partial charge in [0.25, 0.3) is 0 Å². The normalized spacial score (nSPS) is 10.4. The van der Waals surface area contributed by atoms with Gasteiger partial charge in [0.05, 0.1) is 22.0 Å². The summed E-state index contributed by atoms with van der Waals surface area (Å²) in [6, 6.07) is 19.5. The summed E-state index contributed by atoms with van der Waals surface area (Å²) in [6.45, 7) is 3.40. The fraction of sp³-hybridized carbons (Fsp3) is 0.0800. The van der Waals surface area contributed by atoms with E-state index in [2.05, 4.69) is 44.8 Å². The monoisotopic (exact) mass is 977 g/mol. The average Bonchev–Trinajstić information content (AvgIpc) is 3.02. The Balaban J connectivity index is -0.000000437. The van der Waals surface area contributed by atoms with Crippen molar-refractivity contribution in [2.24, 2.45) is 20.5 Å². The Morgan fingerprint density at radius 3 is 1.70 bits per heavy atom. The summed E-state index contributed by atoms with van der Waals surface area (Å²) in [5, 5.41) is 39.8. The molecule has 0 aliphatic carbocycles. The third kappa shape index (κ3) is 27.7. The molecule has 0 aromatic heterocycles. The van der Waals surface area contributed by atoms with Crippen molar-refractivity contribution in [1.82, 2.24) is 0 Å². The van der Waals surface area contributed by atoms with Crippen molar-refractivity contribution in [3.05, 3.63) is 79.7 Å². The predicted octanol–water partition coefficient (Wildman–Crippen LogP) is -9.79. The number of nitrogens with zero attached hydrogens (tertiary/aromatic N) is 4. The molecule has 0 saturated heterocycles. The molecule has 0 spiro atoms. The topological polar surface area (TPSA) is 373 Å². The second-order valence-corrected chi connectivity index (χ2v) is 13.9. The number of rotatable bonds is 9. The van der Waals surface area contributed by atoms with Gasteiger partial charge in [0.15, 0.2) is 9.84 Å². The van der Waals surface area contributed by atoms with Crippen molar-refractivity contribution in [3.63, 3.8) is 0 Å². The molecule has 4 aromatic carbocycles. The van der Waals surface area contributed by atoms with Gasteiger partial charge in [-0.05, 0) is 30.3 Å². The quantitative estimate of drug-likeness (QED) is 0.0398. The molecule has 4 N–H and O–H groups in total. The van der Waals surface area contributed by atoms with Crippen molar-refractivity contribution in [3.8, 4) is 11.5 Å². The molecule has 22 nitrogen and oxygen atoms in total. The smallest absolute Gasteiger partial charge is 0.747 e. The van der Waals surface area contributed by atoms with Gasteiger partial charge in [-0.3, -0.25) is 4.55 Å². The molecule has 0 bridgehead atoms. The van der Waals surface area contributed by atoms with E-state index in [-0.39, 0.29) is 197 Å². The fourth-order valence-corrected chi connectivity index (χ4v) is 4.46. The molecule has 4 aromatic rings. The number of hydrogen-bond acceptors (Lipinski definition) is 21. The van der Waals surface area contributed by atoms with Crippen LogP contribution in [0.4, 0.5) is 28.4 Å². The number of phenolic OH excluding ortho intramolecular Hbond substituents is 2. The Hall–Kier alpha value is -0.771. The van der Waals surface area contributed by atoms with Crippen LogP contribution < -0.4 is 124 Å². The van der Waals surface area contributed by atoms with E-state index < -0.39 is 57.4 Å². The number of benzene rings is 4. The van der Waals surface area contributed by atoms with E-state index in [4.69, 9.17) is 42.8 Å². The third-order valence-corrected chi connectivity index (χ3v) is 7.32. The van der Waals surface area contributed by atoms with Gasteiger partial charge in [0, 0.05) is 39.9 Å². The minimum atomic E-state index is -4.92. The van der Waals surface area contributed by atoms with E-state index in [0.717, 1.165) is 0 Å². The number of anilines is 1. The van der Waals surface area contributed by atoms with E-state index in [1.54, 1.807) is 0 Å². The van der Waals surface area contributed by atoms with E-state index in [1.165, 1.54) is 60.7 Å². The molecule has 0 heterocycles. The van der Waals surface area contributed by atoms with Gasteiger partial charge in [-0.25, -0.2) is 25.3 Å². The molecular weight excluding hydrogens is 958 g/mol. The maximum Gasteiger partial charge on any atom is 1.00 e. The van der Waals surface area contributed by atoms with Crippen molar-refractivity contribution < 1.29 is 210 Å². The summed E-state index contributed by atoms with van der Waals surface area (Å²) in [4.78, 5) is 0.0628. The first kappa shape index (κ1) is 65.4. The Morgan fingerprint density at radius 2 is 1.25 bits per heavy atom. The molecule has 0 unspecified atom stereocenters. The van der Waals surface area contributed by atoms with Crippen molar-refractivity contribution >= 4 is 90.8 Å². The van der Waals surface area contributed by atoms with Gasteiger partial charge in [-0.2, -0.15) is 44.7 Å². The SMILES string of the molecule is O=S(=O)([O-])O.O=S(=O)=O.O=S(=O)=O.[CH2-]CS(=O)(=O)c1ccc(N=Nc2c(NCS(=O)(=O)[O-])ccc3c(O)c(N=Nc4cc[c-]cc4O)[c-]cc23)cc1.[Cu].[Na+].[Na+].[Na+].[Na+]. The molecule has 0 aliphatic heterocycles. The van der Waals surface area contributed by atoms with E-state index >= 15 is 0 Å². The van der Waals surface area contributed by atoms with Gasteiger partial charge >= 0.3 is 139 Å². The Labute approximate surface area is 427 Å². The molecule has 57 heavy (non-hydrogen) atoms. The van der Waals surface area contributed by atoms with E-state index in [0.29, 0.717) is 0 Å². The van der Waals surface area contributed by atoms with Crippen LogP contribution in [-0.4, -0.2) is 86.0 Å². The number of sulfone groups is 1. The largest absolute Gasteiger partial charge is 1.00 e. The summed E-state index contributed by atoms with van der Waals surface area (Å²) in [5.41, 5.74) is 0.550. The zero-order chi connectivity index (χ0) is 39.9. The molecule has 0 saturated carbocycles. The summed E-state index contributed by atoms with van der Waals surface area (Å²) < 4.78 is 141. The van der Waals surface area contributed by atoms with Crippen molar-refractivity contribution in [1.29, 1.82) is 0 Å². The van der Waals surface area contributed by atoms with Crippen LogP contribution in [0.15, 0.2) is 86.0 Å². The predicted molar refractivity (Wildman–Crippen MR) is 174 cm³/mol. The molecule has 0 atom stereocenters. The minimum absolute atomic E-state index is 0. The van der Waals surface area contributed by atoms with Gasteiger partial charge in [-0.1, -0.05) is 22.6 Å². The number of aromatic hydroxyl groups is 2. The third-order valence-electron chi connectivity index (χ3n) is 5.30. The number of nitrogens with one attached hydrogen (secondary N) is 1. The fourth-order valence-electron chi connectivity index (χ4n) is 3.34. The van der Waals surface area contributed by atoms with Gasteiger partial charge in [0.2, 0.25) is 10.4 Å². The Morgan fingerprint density at radius 1 is 0.737 bits per heavy atom. The van der Waals surface area contributed by atoms with Gasteiger partial charge < -0.3 is 31.6 Å². The average molecular weight is 978 g/mol.